The Morgan fingerprint density at radius 2 is 1.44 bits per heavy atom. The predicted octanol–water partition coefficient (Wildman–Crippen LogP) is 3.81. The smallest absolute Gasteiger partial charge is 0.302 e. The summed E-state index contributed by atoms with van der Waals surface area (Å²) in [5.74, 6) is 0.768. The van der Waals surface area contributed by atoms with Crippen LogP contribution in [0, 0.1) is 0 Å². The molecule has 0 radical (unpaired) electrons. The van der Waals surface area contributed by atoms with E-state index in [1.165, 1.54) is 59.0 Å². The molecule has 0 heterocycles. The van der Waals surface area contributed by atoms with Crippen LogP contribution in [0.3, 0.4) is 0 Å². The van der Waals surface area contributed by atoms with Gasteiger partial charge >= 0.3 is 5.97 Å². The lowest BCUT2D eigenvalue weighted by molar-refractivity contribution is -0.137. The Labute approximate surface area is 150 Å². The molecule has 2 aliphatic rings. The van der Waals surface area contributed by atoms with Crippen LogP contribution in [0.5, 0.6) is 5.75 Å². The molecule has 3 rings (SSSR count). The van der Waals surface area contributed by atoms with Crippen molar-refractivity contribution < 1.29 is 19.1 Å². The third-order valence-electron chi connectivity index (χ3n) is 4.77. The molecule has 0 bridgehead atoms. The number of ether oxygens (including phenoxy) is 2. The molecule has 0 spiro atoms. The summed E-state index contributed by atoms with van der Waals surface area (Å²) in [6, 6.07) is 8.48. The molecule has 1 amide bonds. The monoisotopic (exact) mass is 347 g/mol. The molecule has 5 heteroatoms. The van der Waals surface area contributed by atoms with Crippen LogP contribution < -0.4 is 4.74 Å². The van der Waals surface area contributed by atoms with Gasteiger partial charge in [0.1, 0.15) is 5.75 Å². The zero-order valence-electron chi connectivity index (χ0n) is 15.5. The lowest BCUT2D eigenvalue weighted by Gasteiger charge is -2.34. The average Bonchev–Trinajstić information content (AvgIpc) is 3.48. The fraction of sp³-hybridized carbons (Fsp3) is 0.600. The highest BCUT2D eigenvalue weighted by molar-refractivity contribution is 5.95. The van der Waals surface area contributed by atoms with Gasteiger partial charge in [0, 0.05) is 24.6 Å². The maximum atomic E-state index is 12.8. The van der Waals surface area contributed by atoms with E-state index in [1.807, 2.05) is 24.3 Å². The Bertz CT molecular complexity index is 560. The molecule has 0 saturated heterocycles. The van der Waals surface area contributed by atoms with Crippen molar-refractivity contribution >= 4 is 11.9 Å². The lowest BCUT2D eigenvalue weighted by atomic mass is 9.93. The molecular formula is C20H29NO4. The largest absolute Gasteiger partial charge is 0.497 e. The standard InChI is InChI=1S/C17H23NO2.C3H6O2/c1-20-16-11-7-13(8-12-16)17(19)18(15-9-10-15)14-5-3-2-4-6-14;1-3(4)5-2/h7-8,11-12,14-15H,2-6,9-10H2,1H3;1-2H3. The van der Waals surface area contributed by atoms with Gasteiger partial charge in [-0.25, -0.2) is 0 Å². The summed E-state index contributed by atoms with van der Waals surface area (Å²) in [6.07, 6.45) is 8.58. The van der Waals surface area contributed by atoms with Gasteiger partial charge in [-0.15, -0.1) is 0 Å². The van der Waals surface area contributed by atoms with E-state index in [4.69, 9.17) is 4.74 Å². The molecule has 1 aromatic carbocycles. The van der Waals surface area contributed by atoms with Crippen LogP contribution in [-0.4, -0.2) is 43.1 Å². The van der Waals surface area contributed by atoms with E-state index in [0.717, 1.165) is 11.3 Å². The number of benzene rings is 1. The van der Waals surface area contributed by atoms with Crippen LogP contribution in [-0.2, 0) is 9.53 Å². The first-order valence-electron chi connectivity index (χ1n) is 9.08. The number of methoxy groups -OCH3 is 2. The Morgan fingerprint density at radius 1 is 0.920 bits per heavy atom. The number of rotatable bonds is 4. The highest BCUT2D eigenvalue weighted by Crippen LogP contribution is 2.35. The SMILES string of the molecule is COC(C)=O.COc1ccc(C(=O)N(C2CCCCC2)C2CC2)cc1. The van der Waals surface area contributed by atoms with Crippen molar-refractivity contribution in [2.75, 3.05) is 14.2 Å². The van der Waals surface area contributed by atoms with Gasteiger partial charge in [0.2, 0.25) is 0 Å². The number of hydrogen-bond donors (Lipinski definition) is 0. The molecule has 2 fully saturated rings. The van der Waals surface area contributed by atoms with Crippen LogP contribution in [0.15, 0.2) is 24.3 Å². The second kappa shape index (κ2) is 9.44. The molecule has 25 heavy (non-hydrogen) atoms. The van der Waals surface area contributed by atoms with Gasteiger partial charge in [-0.1, -0.05) is 19.3 Å². The summed E-state index contributed by atoms with van der Waals surface area (Å²) >= 11 is 0. The van der Waals surface area contributed by atoms with Crippen molar-refractivity contribution in [1.82, 2.24) is 4.90 Å². The molecule has 2 saturated carbocycles. The normalized spacial score (nSPS) is 17.1. The maximum absolute atomic E-state index is 12.8. The van der Waals surface area contributed by atoms with Crippen molar-refractivity contribution in [3.8, 4) is 5.75 Å². The van der Waals surface area contributed by atoms with E-state index >= 15 is 0 Å². The first-order valence-corrected chi connectivity index (χ1v) is 9.08. The molecule has 0 unspecified atom stereocenters. The molecule has 2 aliphatic carbocycles. The summed E-state index contributed by atoms with van der Waals surface area (Å²) in [5.41, 5.74) is 0.795. The fourth-order valence-corrected chi connectivity index (χ4v) is 3.22. The van der Waals surface area contributed by atoms with Gasteiger partial charge in [0.05, 0.1) is 14.2 Å². The van der Waals surface area contributed by atoms with Gasteiger partial charge in [-0.2, -0.15) is 0 Å². The number of esters is 1. The second-order valence-corrected chi connectivity index (χ2v) is 6.66. The van der Waals surface area contributed by atoms with Crippen LogP contribution in [0.2, 0.25) is 0 Å². The number of carbonyl (C=O) groups excluding carboxylic acids is 2. The fourth-order valence-electron chi connectivity index (χ4n) is 3.22. The van der Waals surface area contributed by atoms with Crippen LogP contribution in [0.4, 0.5) is 0 Å². The van der Waals surface area contributed by atoms with Gasteiger partial charge in [0.15, 0.2) is 0 Å². The zero-order chi connectivity index (χ0) is 18.2. The zero-order valence-corrected chi connectivity index (χ0v) is 15.5. The molecule has 0 N–H and O–H groups in total. The number of hydrogen-bond acceptors (Lipinski definition) is 4. The third kappa shape index (κ3) is 5.76. The number of carbonyl (C=O) groups is 2. The Kier molecular flexibility index (Phi) is 7.29. The van der Waals surface area contributed by atoms with Gasteiger partial charge in [0.25, 0.3) is 5.91 Å². The van der Waals surface area contributed by atoms with E-state index in [1.54, 1.807) is 7.11 Å². The summed E-state index contributed by atoms with van der Waals surface area (Å²) in [7, 11) is 3.00. The van der Waals surface area contributed by atoms with E-state index in [0.29, 0.717) is 12.1 Å². The van der Waals surface area contributed by atoms with Crippen LogP contribution in [0.25, 0.3) is 0 Å². The van der Waals surface area contributed by atoms with Gasteiger partial charge in [-0.3, -0.25) is 9.59 Å². The predicted molar refractivity (Wildman–Crippen MR) is 96.7 cm³/mol. The molecule has 0 aliphatic heterocycles. The summed E-state index contributed by atoms with van der Waals surface area (Å²) < 4.78 is 9.27. The summed E-state index contributed by atoms with van der Waals surface area (Å²) in [5, 5.41) is 0. The number of amides is 1. The van der Waals surface area contributed by atoms with Crippen LogP contribution in [0.1, 0.15) is 62.2 Å². The third-order valence-corrected chi connectivity index (χ3v) is 4.77. The minimum Gasteiger partial charge on any atom is -0.497 e. The summed E-state index contributed by atoms with van der Waals surface area (Å²) in [6.45, 7) is 1.36. The maximum Gasteiger partial charge on any atom is 0.302 e. The van der Waals surface area contributed by atoms with Gasteiger partial charge in [-0.05, 0) is 49.9 Å². The second-order valence-electron chi connectivity index (χ2n) is 6.66. The van der Waals surface area contributed by atoms with Crippen molar-refractivity contribution in [1.29, 1.82) is 0 Å². The lowest BCUT2D eigenvalue weighted by Crippen LogP contribution is -2.43. The highest BCUT2D eigenvalue weighted by Gasteiger charge is 2.37. The first kappa shape index (κ1) is 19.3. The van der Waals surface area contributed by atoms with E-state index in [9.17, 15) is 9.59 Å². The molecule has 5 nitrogen and oxygen atoms in total. The Balaban J connectivity index is 0.000000399. The molecular weight excluding hydrogens is 318 g/mol. The van der Waals surface area contributed by atoms with Crippen molar-refractivity contribution in [3.63, 3.8) is 0 Å². The van der Waals surface area contributed by atoms with Gasteiger partial charge < -0.3 is 14.4 Å². The van der Waals surface area contributed by atoms with Crippen molar-refractivity contribution in [2.45, 2.75) is 64.0 Å². The Hall–Kier alpha value is -2.04. The van der Waals surface area contributed by atoms with E-state index in [2.05, 4.69) is 9.64 Å². The molecule has 0 atom stereocenters. The first-order chi connectivity index (χ1) is 12.1. The highest BCUT2D eigenvalue weighted by atomic mass is 16.5. The van der Waals surface area contributed by atoms with Crippen molar-refractivity contribution in [3.05, 3.63) is 29.8 Å². The molecule has 1 aromatic rings. The minimum absolute atomic E-state index is 0.210. The molecule has 0 aromatic heterocycles. The van der Waals surface area contributed by atoms with Crippen molar-refractivity contribution in [2.24, 2.45) is 0 Å². The average molecular weight is 347 g/mol. The minimum atomic E-state index is -0.245. The van der Waals surface area contributed by atoms with E-state index in [-0.39, 0.29) is 11.9 Å². The Morgan fingerprint density at radius 3 is 1.88 bits per heavy atom. The molecule has 138 valence electrons. The summed E-state index contributed by atoms with van der Waals surface area (Å²) in [4.78, 5) is 24.6. The quantitative estimate of drug-likeness (QED) is 0.777. The van der Waals surface area contributed by atoms with Crippen LogP contribution >= 0.6 is 0 Å². The topological polar surface area (TPSA) is 55.8 Å². The van der Waals surface area contributed by atoms with E-state index < -0.39 is 0 Å². The number of nitrogens with zero attached hydrogens (tertiary/aromatic N) is 1.